The molecule has 1 N–H and O–H groups in total. The molecule has 98 valence electrons. The zero-order valence-electron chi connectivity index (χ0n) is 10.5. The molecular formula is C13H18N2O3. The number of hydrogen-bond donors (Lipinski definition) is 1. The third-order valence-corrected chi connectivity index (χ3v) is 3.03. The topological polar surface area (TPSA) is 64.4 Å². The zero-order valence-corrected chi connectivity index (χ0v) is 10.5. The van der Waals surface area contributed by atoms with Crippen LogP contribution in [0.1, 0.15) is 18.4 Å². The molecule has 1 saturated carbocycles. The molecular weight excluding hydrogens is 232 g/mol. The number of hydrogen-bond acceptors (Lipinski definition) is 4. The highest BCUT2D eigenvalue weighted by Gasteiger charge is 2.20. The lowest BCUT2D eigenvalue weighted by atomic mass is 10.2. The van der Waals surface area contributed by atoms with Crippen molar-refractivity contribution in [3.05, 3.63) is 33.9 Å². The molecule has 18 heavy (non-hydrogen) atoms. The minimum absolute atomic E-state index is 0.152. The Morgan fingerprint density at radius 2 is 2.28 bits per heavy atom. The molecule has 0 aliphatic heterocycles. The Morgan fingerprint density at radius 3 is 2.94 bits per heavy atom. The molecule has 1 aromatic carbocycles. The zero-order chi connectivity index (χ0) is 13.0. The molecule has 0 unspecified atom stereocenters. The predicted octanol–water partition coefficient (Wildman–Crippen LogP) is 2.74. The number of nitrogens with one attached hydrogen (secondary N) is 1. The fourth-order valence-corrected chi connectivity index (χ4v) is 1.72. The van der Waals surface area contributed by atoms with Gasteiger partial charge in [0.05, 0.1) is 11.5 Å². The molecule has 0 amide bonds. The molecule has 1 aliphatic rings. The average Bonchev–Trinajstić information content (AvgIpc) is 3.14. The number of rotatable bonds is 7. The second-order valence-electron chi connectivity index (χ2n) is 4.70. The van der Waals surface area contributed by atoms with E-state index in [1.165, 1.54) is 12.8 Å². The van der Waals surface area contributed by atoms with Crippen LogP contribution in [0.2, 0.25) is 0 Å². The van der Waals surface area contributed by atoms with E-state index >= 15 is 0 Å². The van der Waals surface area contributed by atoms with Crippen molar-refractivity contribution in [2.45, 2.75) is 19.8 Å². The maximum absolute atomic E-state index is 10.8. The van der Waals surface area contributed by atoms with Gasteiger partial charge >= 0.3 is 0 Å². The Labute approximate surface area is 106 Å². The van der Waals surface area contributed by atoms with Gasteiger partial charge in [-0.2, -0.15) is 0 Å². The molecule has 1 aromatic rings. The van der Waals surface area contributed by atoms with E-state index in [9.17, 15) is 10.1 Å². The van der Waals surface area contributed by atoms with Crippen LogP contribution >= 0.6 is 0 Å². The number of nitrogens with zero attached hydrogens (tertiary/aromatic N) is 1. The molecule has 0 heterocycles. The Bertz CT molecular complexity index is 430. The molecule has 5 nitrogen and oxygen atoms in total. The summed E-state index contributed by atoms with van der Waals surface area (Å²) in [4.78, 5) is 10.4. The van der Waals surface area contributed by atoms with Crippen LogP contribution in [0, 0.1) is 23.0 Å². The quantitative estimate of drug-likeness (QED) is 0.459. The van der Waals surface area contributed by atoms with E-state index in [0.29, 0.717) is 18.7 Å². The van der Waals surface area contributed by atoms with Crippen molar-refractivity contribution in [1.82, 2.24) is 0 Å². The first-order chi connectivity index (χ1) is 8.66. The lowest BCUT2D eigenvalue weighted by Crippen LogP contribution is -2.10. The van der Waals surface area contributed by atoms with Crippen molar-refractivity contribution < 1.29 is 9.66 Å². The first-order valence-electron chi connectivity index (χ1n) is 6.23. The van der Waals surface area contributed by atoms with E-state index < -0.39 is 0 Å². The maximum atomic E-state index is 10.8. The number of anilines is 1. The Balaban J connectivity index is 1.77. The van der Waals surface area contributed by atoms with Gasteiger partial charge in [0.15, 0.2) is 0 Å². The van der Waals surface area contributed by atoms with Gasteiger partial charge in [-0.3, -0.25) is 10.1 Å². The largest absolute Gasteiger partial charge is 0.383 e. The summed E-state index contributed by atoms with van der Waals surface area (Å²) >= 11 is 0. The van der Waals surface area contributed by atoms with Crippen LogP contribution in [-0.2, 0) is 4.74 Å². The Morgan fingerprint density at radius 1 is 1.50 bits per heavy atom. The fraction of sp³-hybridized carbons (Fsp3) is 0.538. The summed E-state index contributed by atoms with van der Waals surface area (Å²) in [7, 11) is 0. The van der Waals surface area contributed by atoms with E-state index in [-0.39, 0.29) is 10.6 Å². The lowest BCUT2D eigenvalue weighted by molar-refractivity contribution is -0.385. The number of aryl methyl sites for hydroxylation is 1. The minimum Gasteiger partial charge on any atom is -0.383 e. The van der Waals surface area contributed by atoms with E-state index in [2.05, 4.69) is 5.32 Å². The molecule has 5 heteroatoms. The maximum Gasteiger partial charge on any atom is 0.274 e. The standard InChI is InChI=1S/C13H18N2O3/c1-10-2-5-12(8-13(10)15(16)17)14-6-7-18-9-11-3-4-11/h2,5,8,11,14H,3-4,6-7,9H2,1H3. The fourth-order valence-electron chi connectivity index (χ4n) is 1.72. The minimum atomic E-state index is -0.357. The summed E-state index contributed by atoms with van der Waals surface area (Å²) in [5.74, 6) is 0.769. The summed E-state index contributed by atoms with van der Waals surface area (Å²) in [6.07, 6.45) is 2.58. The molecule has 2 rings (SSSR count). The second kappa shape index (κ2) is 5.82. The van der Waals surface area contributed by atoms with Crippen LogP contribution in [0.3, 0.4) is 0 Å². The second-order valence-corrected chi connectivity index (χ2v) is 4.70. The normalized spacial score (nSPS) is 14.5. The van der Waals surface area contributed by atoms with E-state index in [0.717, 1.165) is 18.2 Å². The summed E-state index contributed by atoms with van der Waals surface area (Å²) < 4.78 is 5.48. The Hall–Kier alpha value is -1.62. The molecule has 0 spiro atoms. The van der Waals surface area contributed by atoms with Crippen LogP contribution in [0.4, 0.5) is 11.4 Å². The average molecular weight is 250 g/mol. The summed E-state index contributed by atoms with van der Waals surface area (Å²) in [5, 5.41) is 13.9. The van der Waals surface area contributed by atoms with Crippen LogP contribution < -0.4 is 5.32 Å². The van der Waals surface area contributed by atoms with E-state index in [4.69, 9.17) is 4.74 Å². The van der Waals surface area contributed by atoms with Gasteiger partial charge in [0.2, 0.25) is 0 Å². The van der Waals surface area contributed by atoms with Crippen molar-refractivity contribution >= 4 is 11.4 Å². The summed E-state index contributed by atoms with van der Waals surface area (Å²) in [5.41, 5.74) is 1.59. The molecule has 0 aromatic heterocycles. The summed E-state index contributed by atoms with van der Waals surface area (Å²) in [6, 6.07) is 5.17. The van der Waals surface area contributed by atoms with Crippen molar-refractivity contribution in [1.29, 1.82) is 0 Å². The highest BCUT2D eigenvalue weighted by molar-refractivity contribution is 5.54. The van der Waals surface area contributed by atoms with Gasteiger partial charge in [-0.05, 0) is 31.7 Å². The van der Waals surface area contributed by atoms with Crippen molar-refractivity contribution in [2.24, 2.45) is 5.92 Å². The smallest absolute Gasteiger partial charge is 0.274 e. The number of benzene rings is 1. The van der Waals surface area contributed by atoms with Crippen molar-refractivity contribution in [3.8, 4) is 0 Å². The van der Waals surface area contributed by atoms with Gasteiger partial charge in [-0.1, -0.05) is 6.07 Å². The number of ether oxygens (including phenoxy) is 1. The highest BCUT2D eigenvalue weighted by Crippen LogP contribution is 2.28. The van der Waals surface area contributed by atoms with E-state index in [1.807, 2.05) is 6.07 Å². The van der Waals surface area contributed by atoms with Crippen LogP contribution in [-0.4, -0.2) is 24.7 Å². The first-order valence-corrected chi connectivity index (χ1v) is 6.23. The van der Waals surface area contributed by atoms with Gasteiger partial charge in [-0.15, -0.1) is 0 Å². The lowest BCUT2D eigenvalue weighted by Gasteiger charge is -2.07. The molecule has 0 radical (unpaired) electrons. The predicted molar refractivity (Wildman–Crippen MR) is 69.9 cm³/mol. The van der Waals surface area contributed by atoms with Crippen LogP contribution in [0.5, 0.6) is 0 Å². The third kappa shape index (κ3) is 3.70. The van der Waals surface area contributed by atoms with Crippen LogP contribution in [0.25, 0.3) is 0 Å². The monoisotopic (exact) mass is 250 g/mol. The van der Waals surface area contributed by atoms with Gasteiger partial charge in [0.25, 0.3) is 5.69 Å². The van der Waals surface area contributed by atoms with Crippen LogP contribution in [0.15, 0.2) is 18.2 Å². The number of nitro benzene ring substituents is 1. The first kappa shape index (κ1) is 12.8. The third-order valence-electron chi connectivity index (χ3n) is 3.03. The molecule has 0 atom stereocenters. The summed E-state index contributed by atoms with van der Waals surface area (Å²) in [6.45, 7) is 3.89. The SMILES string of the molecule is Cc1ccc(NCCOCC2CC2)cc1[N+](=O)[O-]. The molecule has 1 fully saturated rings. The van der Waals surface area contributed by atoms with Gasteiger partial charge < -0.3 is 10.1 Å². The van der Waals surface area contributed by atoms with Gasteiger partial charge in [0.1, 0.15) is 0 Å². The highest BCUT2D eigenvalue weighted by atomic mass is 16.6. The van der Waals surface area contributed by atoms with Crippen molar-refractivity contribution in [3.63, 3.8) is 0 Å². The number of nitro groups is 1. The molecule has 1 aliphatic carbocycles. The van der Waals surface area contributed by atoms with Crippen molar-refractivity contribution in [2.75, 3.05) is 25.1 Å². The van der Waals surface area contributed by atoms with Gasteiger partial charge in [-0.25, -0.2) is 0 Å². The van der Waals surface area contributed by atoms with Gasteiger partial charge in [0, 0.05) is 30.5 Å². The molecule has 0 bridgehead atoms. The molecule has 0 saturated heterocycles. The van der Waals surface area contributed by atoms with E-state index in [1.54, 1.807) is 19.1 Å². The Kier molecular flexibility index (Phi) is 4.15.